The lowest BCUT2D eigenvalue weighted by molar-refractivity contribution is 0.0538. The zero-order chi connectivity index (χ0) is 19.4. The molecule has 0 atom stereocenters. The summed E-state index contributed by atoms with van der Waals surface area (Å²) in [4.78, 5) is 21.5. The van der Waals surface area contributed by atoms with Gasteiger partial charge in [0.25, 0.3) is 5.91 Å². The Bertz CT molecular complexity index is 973. The van der Waals surface area contributed by atoms with E-state index in [2.05, 4.69) is 20.9 Å². The van der Waals surface area contributed by atoms with Gasteiger partial charge in [-0.15, -0.1) is 0 Å². The van der Waals surface area contributed by atoms with Crippen molar-refractivity contribution >= 4 is 34.2 Å². The van der Waals surface area contributed by atoms with E-state index in [4.69, 9.17) is 21.2 Å². The van der Waals surface area contributed by atoms with Crippen LogP contribution in [0.4, 0.5) is 5.69 Å². The van der Waals surface area contributed by atoms with Gasteiger partial charge in [-0.05, 0) is 24.6 Å². The second-order valence-electron chi connectivity index (χ2n) is 5.70. The molecule has 1 aromatic carbocycles. The van der Waals surface area contributed by atoms with Gasteiger partial charge >= 0.3 is 0 Å². The molecule has 0 bridgehead atoms. The van der Waals surface area contributed by atoms with E-state index in [1.807, 2.05) is 19.1 Å². The van der Waals surface area contributed by atoms with Crippen molar-refractivity contribution in [3.63, 3.8) is 0 Å². The van der Waals surface area contributed by atoms with Crippen LogP contribution in [0.5, 0.6) is 5.75 Å². The van der Waals surface area contributed by atoms with Gasteiger partial charge in [0.1, 0.15) is 5.75 Å². The number of hydrogen-bond acceptors (Lipinski definition) is 6. The molecule has 2 aromatic heterocycles. The number of nitrogens with one attached hydrogen (secondary N) is 2. The van der Waals surface area contributed by atoms with E-state index in [9.17, 15) is 4.79 Å². The third kappa shape index (κ3) is 3.81. The van der Waals surface area contributed by atoms with Gasteiger partial charge in [-0.25, -0.2) is 15.1 Å². The lowest BCUT2D eigenvalue weighted by Crippen LogP contribution is -2.23. The molecule has 0 saturated heterocycles. The molecular weight excluding hydrogens is 370 g/mol. The first-order valence-corrected chi connectivity index (χ1v) is 8.71. The molecule has 0 fully saturated rings. The molecule has 0 aliphatic carbocycles. The summed E-state index contributed by atoms with van der Waals surface area (Å²) in [7, 11) is 2.95. The number of carbonyl (C=O) groups is 1. The highest BCUT2D eigenvalue weighted by atomic mass is 35.5. The fourth-order valence-corrected chi connectivity index (χ4v) is 3.06. The number of hydroxylamine groups is 1. The molecule has 0 unspecified atom stereocenters. The van der Waals surface area contributed by atoms with Gasteiger partial charge in [0.05, 0.1) is 42.1 Å². The fraction of sp³-hybridized carbons (Fsp3) is 0.278. The quantitative estimate of drug-likeness (QED) is 0.604. The Morgan fingerprint density at radius 2 is 2.11 bits per heavy atom. The van der Waals surface area contributed by atoms with Gasteiger partial charge in [-0.1, -0.05) is 17.7 Å². The third-order valence-electron chi connectivity index (χ3n) is 4.09. The second kappa shape index (κ2) is 8.24. The summed E-state index contributed by atoms with van der Waals surface area (Å²) in [6.07, 6.45) is 3.20. The molecule has 1 amide bonds. The Morgan fingerprint density at radius 1 is 1.30 bits per heavy atom. The minimum absolute atomic E-state index is 0.361. The van der Waals surface area contributed by atoms with Crippen molar-refractivity contribution in [2.24, 2.45) is 0 Å². The van der Waals surface area contributed by atoms with Crippen molar-refractivity contribution in [2.75, 3.05) is 19.5 Å². The number of carbonyl (C=O) groups excluding carboxylic acids is 1. The molecule has 2 N–H and O–H groups in total. The first kappa shape index (κ1) is 18.9. The Hall–Kier alpha value is -2.84. The highest BCUT2D eigenvalue weighted by molar-refractivity contribution is 6.32. The van der Waals surface area contributed by atoms with Crippen LogP contribution in [0, 0.1) is 0 Å². The molecule has 0 aliphatic heterocycles. The first-order valence-electron chi connectivity index (χ1n) is 8.33. The van der Waals surface area contributed by atoms with Crippen molar-refractivity contribution in [3.05, 3.63) is 46.7 Å². The summed E-state index contributed by atoms with van der Waals surface area (Å²) < 4.78 is 6.94. The molecule has 0 spiro atoms. The van der Waals surface area contributed by atoms with Crippen molar-refractivity contribution in [1.82, 2.24) is 20.2 Å². The van der Waals surface area contributed by atoms with Gasteiger partial charge in [0.2, 0.25) is 0 Å². The predicted octanol–water partition coefficient (Wildman–Crippen LogP) is 3.02. The maximum atomic E-state index is 12.4. The first-order chi connectivity index (χ1) is 13.1. The van der Waals surface area contributed by atoms with Gasteiger partial charge in [-0.2, -0.15) is 5.10 Å². The lowest BCUT2D eigenvalue weighted by atomic mass is 10.1. The summed E-state index contributed by atoms with van der Waals surface area (Å²) in [5, 5.41) is 8.90. The largest absolute Gasteiger partial charge is 0.495 e. The molecule has 8 nitrogen and oxygen atoms in total. The number of benzene rings is 1. The Balaban J connectivity index is 1.97. The SMILES string of the molecule is CCn1ncc2c(NCc3ccc(OC)c(Cl)c3)c(C(=O)NOC)cnc21. The van der Waals surface area contributed by atoms with Crippen LogP contribution in [0.2, 0.25) is 5.02 Å². The average molecular weight is 390 g/mol. The number of halogens is 1. The van der Waals surface area contributed by atoms with E-state index in [-0.39, 0.29) is 0 Å². The van der Waals surface area contributed by atoms with Crippen molar-refractivity contribution in [2.45, 2.75) is 20.0 Å². The van der Waals surface area contributed by atoms with E-state index in [1.54, 1.807) is 24.1 Å². The predicted molar refractivity (Wildman–Crippen MR) is 103 cm³/mol. The molecule has 27 heavy (non-hydrogen) atoms. The van der Waals surface area contributed by atoms with E-state index >= 15 is 0 Å². The maximum absolute atomic E-state index is 12.4. The van der Waals surface area contributed by atoms with Crippen LogP contribution in [0.3, 0.4) is 0 Å². The van der Waals surface area contributed by atoms with Crippen LogP contribution >= 0.6 is 11.6 Å². The van der Waals surface area contributed by atoms with Crippen LogP contribution < -0.4 is 15.5 Å². The Labute approximate surface area is 161 Å². The average Bonchev–Trinajstić information content (AvgIpc) is 3.09. The number of aryl methyl sites for hydroxylation is 1. The topological polar surface area (TPSA) is 90.3 Å². The number of fused-ring (bicyclic) bond motifs is 1. The molecule has 9 heteroatoms. The van der Waals surface area contributed by atoms with Crippen LogP contribution in [-0.4, -0.2) is 34.9 Å². The molecule has 3 rings (SSSR count). The van der Waals surface area contributed by atoms with Crippen LogP contribution in [0.15, 0.2) is 30.6 Å². The summed E-state index contributed by atoms with van der Waals surface area (Å²) in [6.45, 7) is 3.10. The van der Waals surface area contributed by atoms with E-state index in [0.29, 0.717) is 40.8 Å². The van der Waals surface area contributed by atoms with Crippen LogP contribution in [-0.2, 0) is 17.9 Å². The monoisotopic (exact) mass is 389 g/mol. The normalized spacial score (nSPS) is 10.8. The second-order valence-corrected chi connectivity index (χ2v) is 6.11. The number of anilines is 1. The fourth-order valence-electron chi connectivity index (χ4n) is 2.78. The van der Waals surface area contributed by atoms with Gasteiger partial charge in [-0.3, -0.25) is 9.63 Å². The highest BCUT2D eigenvalue weighted by Gasteiger charge is 2.18. The summed E-state index contributed by atoms with van der Waals surface area (Å²) in [5.74, 6) is 0.211. The number of hydrogen-bond donors (Lipinski definition) is 2. The Morgan fingerprint density at radius 3 is 2.78 bits per heavy atom. The molecule has 0 radical (unpaired) electrons. The number of amides is 1. The molecular formula is C18H20ClN5O3. The zero-order valence-electron chi connectivity index (χ0n) is 15.2. The molecule has 142 valence electrons. The summed E-state index contributed by atoms with van der Waals surface area (Å²) in [6, 6.07) is 5.52. The smallest absolute Gasteiger partial charge is 0.278 e. The van der Waals surface area contributed by atoms with Crippen LogP contribution in [0.1, 0.15) is 22.8 Å². The number of pyridine rings is 1. The van der Waals surface area contributed by atoms with Gasteiger partial charge in [0.15, 0.2) is 5.65 Å². The molecule has 0 aliphatic rings. The summed E-state index contributed by atoms with van der Waals surface area (Å²) in [5.41, 5.74) is 4.95. The Kier molecular flexibility index (Phi) is 5.78. The van der Waals surface area contributed by atoms with Crippen molar-refractivity contribution in [1.29, 1.82) is 0 Å². The lowest BCUT2D eigenvalue weighted by Gasteiger charge is -2.13. The minimum atomic E-state index is -0.397. The minimum Gasteiger partial charge on any atom is -0.495 e. The number of nitrogens with zero attached hydrogens (tertiary/aromatic N) is 3. The van der Waals surface area contributed by atoms with E-state index in [0.717, 1.165) is 10.9 Å². The number of ether oxygens (including phenoxy) is 1. The van der Waals surface area contributed by atoms with Crippen LogP contribution in [0.25, 0.3) is 11.0 Å². The van der Waals surface area contributed by atoms with Gasteiger partial charge < -0.3 is 10.1 Å². The van der Waals surface area contributed by atoms with Gasteiger partial charge in [0, 0.05) is 19.3 Å². The number of methoxy groups -OCH3 is 1. The zero-order valence-corrected chi connectivity index (χ0v) is 16.0. The number of rotatable bonds is 7. The maximum Gasteiger partial charge on any atom is 0.278 e. The van der Waals surface area contributed by atoms with E-state index in [1.165, 1.54) is 13.3 Å². The van der Waals surface area contributed by atoms with E-state index < -0.39 is 5.91 Å². The molecule has 2 heterocycles. The number of aromatic nitrogens is 3. The highest BCUT2D eigenvalue weighted by Crippen LogP contribution is 2.28. The third-order valence-corrected chi connectivity index (χ3v) is 4.39. The molecule has 0 saturated carbocycles. The summed E-state index contributed by atoms with van der Waals surface area (Å²) >= 11 is 6.19. The van der Waals surface area contributed by atoms with Crippen molar-refractivity contribution < 1.29 is 14.4 Å². The van der Waals surface area contributed by atoms with Crippen molar-refractivity contribution in [3.8, 4) is 5.75 Å². The molecule has 3 aromatic rings. The standard InChI is InChI=1S/C18H20ClN5O3/c1-4-24-17-12(10-22-24)16(13(9-21-17)18(25)23-27-3)20-8-11-5-6-15(26-2)14(19)7-11/h5-7,9-10H,4,8H2,1-3H3,(H,20,21)(H,23,25).